The van der Waals surface area contributed by atoms with Crippen LogP contribution in [0.25, 0.3) is 0 Å². The van der Waals surface area contributed by atoms with Gasteiger partial charge in [-0.3, -0.25) is 14.6 Å². The summed E-state index contributed by atoms with van der Waals surface area (Å²) in [5.74, 6) is -0.657. The summed E-state index contributed by atoms with van der Waals surface area (Å²) in [4.78, 5) is 27.1. The lowest BCUT2D eigenvalue weighted by Crippen LogP contribution is -2.18. The first-order chi connectivity index (χ1) is 9.27. The van der Waals surface area contributed by atoms with Gasteiger partial charge in [-0.25, -0.2) is 5.43 Å². The van der Waals surface area contributed by atoms with E-state index in [9.17, 15) is 9.59 Å². The van der Waals surface area contributed by atoms with Gasteiger partial charge in [0.15, 0.2) is 0 Å². The average Bonchev–Trinajstić information content (AvgIpc) is 2.49. The minimum absolute atomic E-state index is 0.268. The van der Waals surface area contributed by atoms with Crippen molar-refractivity contribution >= 4 is 17.9 Å². The van der Waals surface area contributed by atoms with Crippen LogP contribution >= 0.6 is 0 Å². The molecule has 19 heavy (non-hydrogen) atoms. The number of ketones is 1. The van der Waals surface area contributed by atoms with Gasteiger partial charge in [-0.2, -0.15) is 5.10 Å². The number of carbonyl (C=O) groups excluding carboxylic acids is 2. The topological polar surface area (TPSA) is 71.4 Å². The molecule has 94 valence electrons. The number of hydrogen-bond donors (Lipinski definition) is 1. The molecule has 0 unspecified atom stereocenters. The van der Waals surface area contributed by atoms with Gasteiger partial charge in [0.2, 0.25) is 5.78 Å². The van der Waals surface area contributed by atoms with Crippen LogP contribution in [0.2, 0.25) is 0 Å². The smallest absolute Gasteiger partial charge is 0.271 e. The molecule has 5 heteroatoms. The van der Waals surface area contributed by atoms with Crippen molar-refractivity contribution in [2.45, 2.75) is 0 Å². The van der Waals surface area contributed by atoms with E-state index in [1.807, 2.05) is 6.07 Å². The number of carbonyl (C=O) groups is 2. The number of amides is 1. The number of Topliss-reactive ketones (excluding diaryl/α,β-unsaturated/α-hetero) is 1. The van der Waals surface area contributed by atoms with Gasteiger partial charge in [0.05, 0.1) is 6.21 Å². The highest BCUT2D eigenvalue weighted by Gasteiger charge is 2.03. The van der Waals surface area contributed by atoms with Crippen molar-refractivity contribution in [3.63, 3.8) is 0 Å². The zero-order chi connectivity index (χ0) is 13.5. The summed E-state index contributed by atoms with van der Waals surface area (Å²) in [5, 5.41) is 3.63. The molecule has 1 aromatic carbocycles. The third kappa shape index (κ3) is 3.57. The van der Waals surface area contributed by atoms with Gasteiger partial charge in [-0.05, 0) is 12.1 Å². The van der Waals surface area contributed by atoms with Crippen LogP contribution in [-0.4, -0.2) is 22.9 Å². The number of nitrogens with one attached hydrogen (secondary N) is 1. The highest BCUT2D eigenvalue weighted by Crippen LogP contribution is 1.98. The maximum absolute atomic E-state index is 11.7. The molecule has 0 bridgehead atoms. The van der Waals surface area contributed by atoms with Crippen molar-refractivity contribution in [3.05, 3.63) is 66.0 Å². The number of nitrogens with zero attached hydrogens (tertiary/aromatic N) is 2. The van der Waals surface area contributed by atoms with E-state index >= 15 is 0 Å². The maximum Gasteiger partial charge on any atom is 0.271 e. The Hall–Kier alpha value is -2.82. The van der Waals surface area contributed by atoms with Crippen molar-refractivity contribution in [2.24, 2.45) is 5.10 Å². The van der Waals surface area contributed by atoms with E-state index in [4.69, 9.17) is 0 Å². The predicted octanol–water partition coefficient (Wildman–Crippen LogP) is 1.68. The Bertz CT molecular complexity index is 595. The fourth-order valence-corrected chi connectivity index (χ4v) is 1.39. The molecule has 5 nitrogen and oxygen atoms in total. The van der Waals surface area contributed by atoms with Crippen molar-refractivity contribution in [3.8, 4) is 0 Å². The summed E-state index contributed by atoms with van der Waals surface area (Å²) in [7, 11) is 0. The van der Waals surface area contributed by atoms with E-state index in [1.165, 1.54) is 12.4 Å². The van der Waals surface area contributed by atoms with Crippen LogP contribution in [-0.2, 0) is 0 Å². The minimum Gasteiger partial charge on any atom is -0.287 e. The molecule has 1 aromatic heterocycles. The Kier molecular flexibility index (Phi) is 4.12. The zero-order valence-corrected chi connectivity index (χ0v) is 9.98. The number of benzene rings is 1. The predicted molar refractivity (Wildman–Crippen MR) is 71.0 cm³/mol. The third-order valence-electron chi connectivity index (χ3n) is 2.35. The highest BCUT2D eigenvalue weighted by molar-refractivity contribution is 6.35. The molecule has 2 rings (SSSR count). The molecule has 0 saturated heterocycles. The van der Waals surface area contributed by atoms with Gasteiger partial charge in [0, 0.05) is 23.5 Å². The maximum atomic E-state index is 11.7. The lowest BCUT2D eigenvalue weighted by Gasteiger charge is -1.98. The molecule has 0 aliphatic carbocycles. The number of rotatable bonds is 4. The average molecular weight is 253 g/mol. The molecular formula is C14H11N3O2. The van der Waals surface area contributed by atoms with E-state index < -0.39 is 0 Å². The monoisotopic (exact) mass is 253 g/mol. The second-order valence-electron chi connectivity index (χ2n) is 3.67. The van der Waals surface area contributed by atoms with Gasteiger partial charge in [0.1, 0.15) is 0 Å². The Labute approximate surface area is 110 Å². The first kappa shape index (κ1) is 12.6. The van der Waals surface area contributed by atoms with E-state index in [2.05, 4.69) is 15.5 Å². The zero-order valence-electron chi connectivity index (χ0n) is 9.98. The lowest BCUT2D eigenvalue weighted by atomic mass is 10.1. The molecule has 1 amide bonds. The molecule has 0 spiro atoms. The van der Waals surface area contributed by atoms with Gasteiger partial charge < -0.3 is 0 Å². The molecule has 0 aliphatic rings. The fraction of sp³-hybridized carbons (Fsp3) is 0. The summed E-state index contributed by atoms with van der Waals surface area (Å²) < 4.78 is 0. The minimum atomic E-state index is -0.389. The van der Waals surface area contributed by atoms with E-state index in [1.54, 1.807) is 36.4 Å². The van der Waals surface area contributed by atoms with Crippen LogP contribution in [0.1, 0.15) is 20.7 Å². The number of hydrogen-bond acceptors (Lipinski definition) is 4. The Morgan fingerprint density at radius 1 is 1.00 bits per heavy atom. The molecule has 0 fully saturated rings. The standard InChI is InChI=1S/C14H11N3O2/c18-13(11-4-2-1-3-5-11)10-16-17-14(19)12-6-8-15-9-7-12/h1-10H,(H,17,19)/b16-10-. The van der Waals surface area contributed by atoms with Crippen molar-refractivity contribution in [1.29, 1.82) is 0 Å². The molecule has 0 radical (unpaired) electrons. The first-order valence-corrected chi connectivity index (χ1v) is 5.60. The molecule has 0 aliphatic heterocycles. The second-order valence-corrected chi connectivity index (χ2v) is 3.67. The highest BCUT2D eigenvalue weighted by atomic mass is 16.2. The molecule has 1 N–H and O–H groups in total. The lowest BCUT2D eigenvalue weighted by molar-refractivity contribution is 0.0955. The SMILES string of the molecule is O=C(/C=N\NC(=O)c1ccncc1)c1ccccc1. The Balaban J connectivity index is 1.94. The van der Waals surface area contributed by atoms with Gasteiger partial charge in [-0.1, -0.05) is 30.3 Å². The van der Waals surface area contributed by atoms with Crippen molar-refractivity contribution < 1.29 is 9.59 Å². The van der Waals surface area contributed by atoms with Crippen LogP contribution in [0.5, 0.6) is 0 Å². The number of aromatic nitrogens is 1. The van der Waals surface area contributed by atoms with Crippen molar-refractivity contribution in [1.82, 2.24) is 10.4 Å². The molecular weight excluding hydrogens is 242 g/mol. The van der Waals surface area contributed by atoms with Crippen LogP contribution in [0, 0.1) is 0 Å². The van der Waals surface area contributed by atoms with Crippen molar-refractivity contribution in [2.75, 3.05) is 0 Å². The van der Waals surface area contributed by atoms with Gasteiger partial charge in [0.25, 0.3) is 5.91 Å². The third-order valence-corrected chi connectivity index (χ3v) is 2.35. The largest absolute Gasteiger partial charge is 0.287 e. The van der Waals surface area contributed by atoms with Gasteiger partial charge in [-0.15, -0.1) is 0 Å². The van der Waals surface area contributed by atoms with Crippen LogP contribution in [0.15, 0.2) is 60.0 Å². The fourth-order valence-electron chi connectivity index (χ4n) is 1.39. The summed E-state index contributed by atoms with van der Waals surface area (Å²) in [6.45, 7) is 0. The van der Waals surface area contributed by atoms with Crippen LogP contribution in [0.4, 0.5) is 0 Å². The van der Waals surface area contributed by atoms with E-state index in [0.29, 0.717) is 11.1 Å². The number of hydrazone groups is 1. The Morgan fingerprint density at radius 2 is 1.68 bits per heavy atom. The quantitative estimate of drug-likeness (QED) is 0.512. The molecule has 0 saturated carbocycles. The molecule has 0 atom stereocenters. The normalized spacial score (nSPS) is 10.3. The summed E-state index contributed by atoms with van der Waals surface area (Å²) in [5.41, 5.74) is 3.23. The van der Waals surface area contributed by atoms with E-state index in [-0.39, 0.29) is 11.7 Å². The molecule has 2 aromatic rings. The van der Waals surface area contributed by atoms with Crippen LogP contribution < -0.4 is 5.43 Å². The van der Waals surface area contributed by atoms with Gasteiger partial charge >= 0.3 is 0 Å². The molecule has 1 heterocycles. The Morgan fingerprint density at radius 3 is 2.37 bits per heavy atom. The summed E-state index contributed by atoms with van der Waals surface area (Å²) >= 11 is 0. The van der Waals surface area contributed by atoms with E-state index in [0.717, 1.165) is 6.21 Å². The summed E-state index contributed by atoms with van der Waals surface area (Å²) in [6.07, 6.45) is 4.09. The van der Waals surface area contributed by atoms with Crippen LogP contribution in [0.3, 0.4) is 0 Å². The summed E-state index contributed by atoms with van der Waals surface area (Å²) in [6, 6.07) is 11.8. The second kappa shape index (κ2) is 6.20. The first-order valence-electron chi connectivity index (χ1n) is 5.60. The number of pyridine rings is 1.